The van der Waals surface area contributed by atoms with E-state index in [1.165, 1.54) is 44.9 Å². The third-order valence-electron chi connectivity index (χ3n) is 4.62. The molecule has 0 aliphatic heterocycles. The smallest absolute Gasteiger partial charge is 0.0664 e. The van der Waals surface area contributed by atoms with Gasteiger partial charge in [0.2, 0.25) is 0 Å². The number of hydrogen-bond acceptors (Lipinski definition) is 0. The molecule has 0 radical (unpaired) electrons. The van der Waals surface area contributed by atoms with Crippen molar-refractivity contribution in [2.45, 2.75) is 84.9 Å². The number of hydrogen-bond donors (Lipinski definition) is 0. The highest BCUT2D eigenvalue weighted by atomic mass is 14.4. The van der Waals surface area contributed by atoms with E-state index < -0.39 is 0 Å². The summed E-state index contributed by atoms with van der Waals surface area (Å²) in [4.78, 5) is 0. The molecule has 0 aliphatic carbocycles. The van der Waals surface area contributed by atoms with E-state index in [9.17, 15) is 0 Å². The van der Waals surface area contributed by atoms with Crippen molar-refractivity contribution < 1.29 is 0 Å². The molecule has 15 heavy (non-hydrogen) atoms. The molecule has 0 amide bonds. The van der Waals surface area contributed by atoms with E-state index in [1.807, 2.05) is 0 Å². The van der Waals surface area contributed by atoms with E-state index in [0.29, 0.717) is 10.7 Å². The van der Waals surface area contributed by atoms with Crippen molar-refractivity contribution in [1.82, 2.24) is 0 Å². The molecule has 0 bridgehead atoms. The van der Waals surface area contributed by atoms with Crippen LogP contribution in [0.5, 0.6) is 0 Å². The van der Waals surface area contributed by atoms with Gasteiger partial charge in [-0.1, -0.05) is 78.5 Å². The van der Waals surface area contributed by atoms with Crippen LogP contribution < -0.4 is 0 Å². The summed E-state index contributed by atoms with van der Waals surface area (Å²) in [5.74, 6) is 0. The third kappa shape index (κ3) is 5.09. The number of rotatable bonds is 8. The van der Waals surface area contributed by atoms with Crippen LogP contribution in [0.1, 0.15) is 79.6 Å². The predicted octanol–water partition coefficient (Wildman–Crippen LogP) is 4.59. The molecule has 1 unspecified atom stereocenters. The lowest BCUT2D eigenvalue weighted by atomic mass is 9.52. The highest BCUT2D eigenvalue weighted by molar-refractivity contribution is 6.15. The van der Waals surface area contributed by atoms with Crippen LogP contribution in [0.4, 0.5) is 0 Å². The maximum atomic E-state index is 2.44. The minimum atomic E-state index is 0.484. The van der Waals surface area contributed by atoms with Gasteiger partial charge in [0.25, 0.3) is 0 Å². The summed E-state index contributed by atoms with van der Waals surface area (Å²) in [5.41, 5.74) is 0.494. The molecule has 0 N–H and O–H groups in total. The maximum absolute atomic E-state index is 2.44. The van der Waals surface area contributed by atoms with Crippen LogP contribution in [0.3, 0.4) is 0 Å². The zero-order valence-electron chi connectivity index (χ0n) is 11.9. The molecule has 0 spiro atoms. The molecule has 0 aliphatic rings. The fraction of sp³-hybridized carbons (Fsp3) is 1.00. The van der Waals surface area contributed by atoms with E-state index in [0.717, 1.165) is 0 Å². The molecular formula is C14H31B. The van der Waals surface area contributed by atoms with Gasteiger partial charge in [-0.05, 0) is 11.8 Å². The average molecular weight is 210 g/mol. The lowest BCUT2D eigenvalue weighted by Gasteiger charge is -2.41. The second-order valence-electron chi connectivity index (χ2n) is 6.29. The van der Waals surface area contributed by atoms with Crippen LogP contribution in [0, 0.1) is 5.41 Å². The largest absolute Gasteiger partial charge is 0.109 e. The summed E-state index contributed by atoms with van der Waals surface area (Å²) >= 11 is 0. The fourth-order valence-electron chi connectivity index (χ4n) is 1.99. The second-order valence-corrected chi connectivity index (χ2v) is 6.29. The van der Waals surface area contributed by atoms with Crippen LogP contribution in [0.25, 0.3) is 0 Å². The molecule has 0 rings (SSSR count). The zero-order valence-corrected chi connectivity index (χ0v) is 11.9. The molecule has 1 heteroatoms. The molecule has 0 saturated heterocycles. The van der Waals surface area contributed by atoms with Crippen LogP contribution >= 0.6 is 0 Å². The van der Waals surface area contributed by atoms with Crippen LogP contribution in [-0.4, -0.2) is 7.85 Å². The van der Waals surface area contributed by atoms with Crippen molar-refractivity contribution in [3.63, 3.8) is 0 Å². The summed E-state index contributed by atoms with van der Waals surface area (Å²) in [7, 11) is 2.42. The Morgan fingerprint density at radius 1 is 0.867 bits per heavy atom. The van der Waals surface area contributed by atoms with Crippen molar-refractivity contribution in [3.05, 3.63) is 0 Å². The summed E-state index contributed by atoms with van der Waals surface area (Å²) < 4.78 is 0. The zero-order chi connectivity index (χ0) is 11.9. The van der Waals surface area contributed by atoms with Gasteiger partial charge in [0.15, 0.2) is 0 Å². The number of unbranched alkanes of at least 4 members (excludes halogenated alkanes) is 4. The Bertz CT molecular complexity index is 159. The van der Waals surface area contributed by atoms with Gasteiger partial charge in [-0.3, -0.25) is 0 Å². The maximum Gasteiger partial charge on any atom is 0.109 e. The highest BCUT2D eigenvalue weighted by Crippen LogP contribution is 2.48. The van der Waals surface area contributed by atoms with Gasteiger partial charge < -0.3 is 0 Å². The Balaban J connectivity index is 3.84. The molecule has 0 aromatic rings. The summed E-state index contributed by atoms with van der Waals surface area (Å²) in [6.07, 6.45) is 9.71. The normalized spacial score (nSPS) is 16.3. The van der Waals surface area contributed by atoms with E-state index in [1.54, 1.807) is 0 Å². The Morgan fingerprint density at radius 2 is 1.40 bits per heavy atom. The van der Waals surface area contributed by atoms with Gasteiger partial charge in [0, 0.05) is 0 Å². The van der Waals surface area contributed by atoms with Crippen molar-refractivity contribution in [2.24, 2.45) is 5.41 Å². The lowest BCUT2D eigenvalue weighted by molar-refractivity contribution is 0.216. The molecule has 1 atom stereocenters. The first-order valence-electron chi connectivity index (χ1n) is 6.87. The average Bonchev–Trinajstić information content (AvgIpc) is 2.17. The van der Waals surface area contributed by atoms with Crippen molar-refractivity contribution in [3.8, 4) is 0 Å². The minimum Gasteiger partial charge on any atom is -0.0664 e. The Kier molecular flexibility index (Phi) is 6.63. The SMILES string of the molecule is BC(C)(CC)C(C)(C)CCCCCCC. The van der Waals surface area contributed by atoms with Gasteiger partial charge >= 0.3 is 0 Å². The van der Waals surface area contributed by atoms with Gasteiger partial charge in [-0.25, -0.2) is 0 Å². The van der Waals surface area contributed by atoms with Crippen molar-refractivity contribution >= 4 is 7.85 Å². The fourth-order valence-corrected chi connectivity index (χ4v) is 1.99. The third-order valence-corrected chi connectivity index (χ3v) is 4.62. The molecule has 0 aromatic heterocycles. The van der Waals surface area contributed by atoms with Crippen molar-refractivity contribution in [1.29, 1.82) is 0 Å². The first-order valence-corrected chi connectivity index (χ1v) is 6.87. The van der Waals surface area contributed by atoms with E-state index in [2.05, 4.69) is 42.5 Å². The first-order chi connectivity index (χ1) is 6.87. The summed E-state index contributed by atoms with van der Waals surface area (Å²) in [6.45, 7) is 11.9. The molecule has 0 heterocycles. The molecular weight excluding hydrogens is 179 g/mol. The summed E-state index contributed by atoms with van der Waals surface area (Å²) in [6, 6.07) is 0. The molecule has 0 nitrogen and oxygen atoms in total. The van der Waals surface area contributed by atoms with Crippen LogP contribution in [-0.2, 0) is 0 Å². The van der Waals surface area contributed by atoms with E-state index in [4.69, 9.17) is 0 Å². The van der Waals surface area contributed by atoms with E-state index >= 15 is 0 Å². The van der Waals surface area contributed by atoms with Gasteiger partial charge in [0.05, 0.1) is 0 Å². The minimum absolute atomic E-state index is 0.484. The van der Waals surface area contributed by atoms with Crippen LogP contribution in [0.2, 0.25) is 5.31 Å². The Morgan fingerprint density at radius 3 is 1.87 bits per heavy atom. The van der Waals surface area contributed by atoms with E-state index in [-0.39, 0.29) is 0 Å². The van der Waals surface area contributed by atoms with Crippen LogP contribution in [0.15, 0.2) is 0 Å². The predicted molar refractivity (Wildman–Crippen MR) is 74.4 cm³/mol. The monoisotopic (exact) mass is 210 g/mol. The van der Waals surface area contributed by atoms with Gasteiger partial charge in [0.1, 0.15) is 7.85 Å². The lowest BCUT2D eigenvalue weighted by Crippen LogP contribution is -2.28. The van der Waals surface area contributed by atoms with Gasteiger partial charge in [-0.15, -0.1) is 0 Å². The van der Waals surface area contributed by atoms with Gasteiger partial charge in [-0.2, -0.15) is 0 Å². The van der Waals surface area contributed by atoms with Crippen molar-refractivity contribution in [2.75, 3.05) is 0 Å². The highest BCUT2D eigenvalue weighted by Gasteiger charge is 2.34. The second kappa shape index (κ2) is 6.61. The quantitative estimate of drug-likeness (QED) is 0.406. The first kappa shape index (κ1) is 15.1. The summed E-state index contributed by atoms with van der Waals surface area (Å²) in [5, 5.41) is 0.484. The molecule has 0 aromatic carbocycles. The topological polar surface area (TPSA) is 0 Å². The molecule has 0 fully saturated rings. The molecule has 90 valence electrons. The Hall–Kier alpha value is 0.0649. The molecule has 0 saturated carbocycles. The standard InChI is InChI=1S/C14H31B/c1-6-8-9-10-11-12-13(3,4)14(5,15)7-2/h6-12,15H2,1-5H3. The Labute approximate surface area is 98.6 Å².